The summed E-state index contributed by atoms with van der Waals surface area (Å²) in [5.41, 5.74) is 2.82. The van der Waals surface area contributed by atoms with Gasteiger partial charge in [-0.1, -0.05) is 24.3 Å². The van der Waals surface area contributed by atoms with Crippen LogP contribution in [0.2, 0.25) is 0 Å². The van der Waals surface area contributed by atoms with Gasteiger partial charge in [0.05, 0.1) is 6.20 Å². The number of benzene rings is 1. The monoisotopic (exact) mass is 472 g/mol. The zero-order valence-electron chi connectivity index (χ0n) is 18.2. The fraction of sp³-hybridized carbons (Fsp3) is 0.304. The van der Waals surface area contributed by atoms with E-state index >= 15 is 0 Å². The number of amides is 1. The van der Waals surface area contributed by atoms with Gasteiger partial charge in [-0.05, 0) is 29.3 Å². The Balaban J connectivity index is 1.34. The molecule has 1 amide bonds. The van der Waals surface area contributed by atoms with Crippen molar-refractivity contribution < 1.29 is 23.1 Å². The third-order valence-corrected chi connectivity index (χ3v) is 5.47. The van der Waals surface area contributed by atoms with Crippen molar-refractivity contribution in [3.8, 4) is 16.9 Å². The Hall–Kier alpha value is -3.73. The normalized spacial score (nSPS) is 14.7. The molecule has 2 N–H and O–H groups in total. The number of hydrogen-bond donors (Lipinski definition) is 2. The van der Waals surface area contributed by atoms with Gasteiger partial charge in [0.1, 0.15) is 12.3 Å². The number of nitrogens with one attached hydrogen (secondary N) is 1. The summed E-state index contributed by atoms with van der Waals surface area (Å²) in [4.78, 5) is 20.2. The molecule has 1 aliphatic rings. The van der Waals surface area contributed by atoms with Gasteiger partial charge in [0.15, 0.2) is 11.5 Å². The van der Waals surface area contributed by atoms with Crippen LogP contribution in [0.5, 0.6) is 5.75 Å². The summed E-state index contributed by atoms with van der Waals surface area (Å²) in [5, 5.41) is 19.4. The molecule has 0 radical (unpaired) electrons. The lowest BCUT2D eigenvalue weighted by Gasteiger charge is -2.35. The van der Waals surface area contributed by atoms with Gasteiger partial charge >= 0.3 is 6.18 Å². The van der Waals surface area contributed by atoms with Gasteiger partial charge in [-0.15, -0.1) is 10.2 Å². The summed E-state index contributed by atoms with van der Waals surface area (Å²) in [6.07, 6.45) is -1.36. The molecule has 178 valence electrons. The van der Waals surface area contributed by atoms with E-state index in [0.717, 1.165) is 36.3 Å². The van der Waals surface area contributed by atoms with Crippen molar-refractivity contribution >= 4 is 11.7 Å². The lowest BCUT2D eigenvalue weighted by atomic mass is 10.0. The fourth-order valence-electron chi connectivity index (χ4n) is 3.78. The summed E-state index contributed by atoms with van der Waals surface area (Å²) in [7, 11) is 0. The molecule has 1 fully saturated rings. The molecule has 1 aliphatic heterocycles. The molecule has 0 bridgehead atoms. The molecule has 34 heavy (non-hydrogen) atoms. The quantitative estimate of drug-likeness (QED) is 0.570. The summed E-state index contributed by atoms with van der Waals surface area (Å²) in [6.45, 7) is 2.21. The van der Waals surface area contributed by atoms with Gasteiger partial charge in [0, 0.05) is 44.5 Å². The van der Waals surface area contributed by atoms with E-state index in [4.69, 9.17) is 0 Å². The van der Waals surface area contributed by atoms with E-state index in [2.05, 4.69) is 26.1 Å². The van der Waals surface area contributed by atoms with Gasteiger partial charge in [-0.3, -0.25) is 14.7 Å². The van der Waals surface area contributed by atoms with Crippen LogP contribution in [-0.4, -0.2) is 70.0 Å². The number of nitrogens with zero attached hydrogens (tertiary/aromatic N) is 5. The number of alkyl halides is 3. The van der Waals surface area contributed by atoms with E-state index in [1.807, 2.05) is 23.1 Å². The highest BCUT2D eigenvalue weighted by molar-refractivity contribution is 5.92. The number of aromatic hydroxyl groups is 1. The number of carbonyl (C=O) groups is 1. The molecule has 1 aromatic carbocycles. The third-order valence-electron chi connectivity index (χ3n) is 5.47. The average molecular weight is 472 g/mol. The molecule has 4 rings (SSSR count). The second kappa shape index (κ2) is 10.0. The van der Waals surface area contributed by atoms with Crippen molar-refractivity contribution in [3.05, 3.63) is 66.1 Å². The average Bonchev–Trinajstić information content (AvgIpc) is 2.83. The van der Waals surface area contributed by atoms with E-state index in [1.54, 1.807) is 23.6 Å². The smallest absolute Gasteiger partial charge is 0.405 e. The van der Waals surface area contributed by atoms with Crippen molar-refractivity contribution in [1.82, 2.24) is 25.4 Å². The predicted octanol–water partition coefficient (Wildman–Crippen LogP) is 2.86. The molecule has 0 atom stereocenters. The zero-order chi connectivity index (χ0) is 24.1. The first-order chi connectivity index (χ1) is 16.3. The molecule has 0 aliphatic carbocycles. The maximum absolute atomic E-state index is 12.3. The topological polar surface area (TPSA) is 94.5 Å². The standard InChI is InChI=1S/C23H23F3N6O2/c24-23(25,26)15-28-22(34)20-5-6-21(30-29-20)32-9-7-31(8-10-32)14-16-3-1-2-4-19(16)17-11-18(33)13-27-12-17/h1-6,11-13,33H,7-10,14-15H2,(H,28,34). The molecule has 2 aromatic heterocycles. The second-order valence-corrected chi connectivity index (χ2v) is 7.93. The lowest BCUT2D eigenvalue weighted by molar-refractivity contribution is -0.123. The largest absolute Gasteiger partial charge is 0.506 e. The third kappa shape index (κ3) is 5.98. The number of piperazine rings is 1. The molecule has 0 unspecified atom stereocenters. The molecular weight excluding hydrogens is 449 g/mol. The van der Waals surface area contributed by atoms with Crippen molar-refractivity contribution in [2.75, 3.05) is 37.6 Å². The van der Waals surface area contributed by atoms with Crippen LogP contribution < -0.4 is 10.2 Å². The first-order valence-corrected chi connectivity index (χ1v) is 10.7. The maximum atomic E-state index is 12.3. The van der Waals surface area contributed by atoms with Crippen LogP contribution in [0.15, 0.2) is 54.9 Å². The van der Waals surface area contributed by atoms with Crippen molar-refractivity contribution in [2.24, 2.45) is 0 Å². The SMILES string of the molecule is O=C(NCC(F)(F)F)c1ccc(N2CCN(Cc3ccccc3-c3cncc(O)c3)CC2)nn1. The predicted molar refractivity (Wildman–Crippen MR) is 119 cm³/mol. The molecular formula is C23H23F3N6O2. The molecule has 8 nitrogen and oxygen atoms in total. The van der Waals surface area contributed by atoms with Gasteiger partial charge in [-0.25, -0.2) is 0 Å². The summed E-state index contributed by atoms with van der Waals surface area (Å²) in [6, 6.07) is 12.6. The van der Waals surface area contributed by atoms with Gasteiger partial charge in [0.25, 0.3) is 5.91 Å². The molecule has 1 saturated heterocycles. The van der Waals surface area contributed by atoms with Crippen LogP contribution >= 0.6 is 0 Å². The number of pyridine rings is 1. The van der Waals surface area contributed by atoms with Crippen LogP contribution in [0.3, 0.4) is 0 Å². The summed E-state index contributed by atoms with van der Waals surface area (Å²) < 4.78 is 36.8. The highest BCUT2D eigenvalue weighted by Gasteiger charge is 2.28. The Morgan fingerprint density at radius 1 is 1.03 bits per heavy atom. The number of carbonyl (C=O) groups excluding carboxylic acids is 1. The van der Waals surface area contributed by atoms with Crippen LogP contribution in [0, 0.1) is 0 Å². The second-order valence-electron chi connectivity index (χ2n) is 7.93. The van der Waals surface area contributed by atoms with Crippen LogP contribution in [0.1, 0.15) is 16.1 Å². The molecule has 3 aromatic rings. The number of hydrogen-bond acceptors (Lipinski definition) is 7. The minimum Gasteiger partial charge on any atom is -0.506 e. The summed E-state index contributed by atoms with van der Waals surface area (Å²) >= 11 is 0. The van der Waals surface area contributed by atoms with E-state index in [1.165, 1.54) is 12.3 Å². The van der Waals surface area contributed by atoms with Gasteiger partial charge in [-0.2, -0.15) is 13.2 Å². The Kier molecular flexibility index (Phi) is 6.92. The van der Waals surface area contributed by atoms with Crippen molar-refractivity contribution in [2.45, 2.75) is 12.7 Å². The van der Waals surface area contributed by atoms with Gasteiger partial charge < -0.3 is 15.3 Å². The molecule has 3 heterocycles. The summed E-state index contributed by atoms with van der Waals surface area (Å²) in [5.74, 6) is -0.231. The number of rotatable bonds is 6. The van der Waals surface area contributed by atoms with E-state index < -0.39 is 18.6 Å². The Morgan fingerprint density at radius 2 is 1.79 bits per heavy atom. The Morgan fingerprint density at radius 3 is 2.47 bits per heavy atom. The molecule has 0 spiro atoms. The Labute approximate surface area is 194 Å². The first-order valence-electron chi connectivity index (χ1n) is 10.7. The van der Waals surface area contributed by atoms with E-state index in [-0.39, 0.29) is 11.4 Å². The highest BCUT2D eigenvalue weighted by atomic mass is 19.4. The zero-order valence-corrected chi connectivity index (χ0v) is 18.2. The van der Waals surface area contributed by atoms with Crippen LogP contribution in [0.25, 0.3) is 11.1 Å². The maximum Gasteiger partial charge on any atom is 0.405 e. The van der Waals surface area contributed by atoms with Crippen LogP contribution in [0.4, 0.5) is 19.0 Å². The fourth-order valence-corrected chi connectivity index (χ4v) is 3.78. The Bertz CT molecular complexity index is 1130. The van der Waals surface area contributed by atoms with Crippen LogP contribution in [-0.2, 0) is 6.54 Å². The molecule has 0 saturated carbocycles. The number of halogens is 3. The first kappa shape index (κ1) is 23.4. The minimum atomic E-state index is -4.48. The minimum absolute atomic E-state index is 0.117. The van der Waals surface area contributed by atoms with E-state index in [0.29, 0.717) is 18.9 Å². The van der Waals surface area contributed by atoms with Crippen molar-refractivity contribution in [1.29, 1.82) is 0 Å². The highest BCUT2D eigenvalue weighted by Crippen LogP contribution is 2.27. The number of aromatic nitrogens is 3. The number of anilines is 1. The van der Waals surface area contributed by atoms with E-state index in [9.17, 15) is 23.1 Å². The van der Waals surface area contributed by atoms with Gasteiger partial charge in [0.2, 0.25) is 0 Å². The van der Waals surface area contributed by atoms with Crippen molar-refractivity contribution in [3.63, 3.8) is 0 Å². The molecule has 11 heteroatoms. The lowest BCUT2D eigenvalue weighted by Crippen LogP contribution is -2.46.